The third kappa shape index (κ3) is 6.94. The van der Waals surface area contributed by atoms with Crippen molar-refractivity contribution in [2.45, 2.75) is 64.6 Å². The SMILES string of the molecule is CC[C@@H](C)NC(=O)[C@H](Cc1ccccc1)N(Cc1ccc(Cl)c(Cl)c1)C(=O)CCN1C(=O)[C@H]2CC=CC[C@H]2C1=O. The minimum Gasteiger partial charge on any atom is -0.352 e. The topological polar surface area (TPSA) is 86.8 Å². The molecule has 1 heterocycles. The van der Waals surface area contributed by atoms with E-state index >= 15 is 0 Å². The monoisotopic (exact) mass is 583 g/mol. The van der Waals surface area contributed by atoms with Crippen LogP contribution in [0, 0.1) is 11.8 Å². The summed E-state index contributed by atoms with van der Waals surface area (Å²) in [5.41, 5.74) is 1.61. The molecular formula is C31H35Cl2N3O4. The molecule has 1 N–H and O–H groups in total. The van der Waals surface area contributed by atoms with Crippen LogP contribution in [0.5, 0.6) is 0 Å². The average Bonchev–Trinajstić information content (AvgIpc) is 3.20. The molecule has 7 nitrogen and oxygen atoms in total. The van der Waals surface area contributed by atoms with E-state index < -0.39 is 6.04 Å². The summed E-state index contributed by atoms with van der Waals surface area (Å²) in [7, 11) is 0. The van der Waals surface area contributed by atoms with Gasteiger partial charge in [-0.3, -0.25) is 24.1 Å². The molecule has 212 valence electrons. The number of carbonyl (C=O) groups excluding carboxylic acids is 4. The van der Waals surface area contributed by atoms with Gasteiger partial charge >= 0.3 is 0 Å². The lowest BCUT2D eigenvalue weighted by molar-refractivity contribution is -0.144. The molecule has 1 aliphatic carbocycles. The molecular weight excluding hydrogens is 549 g/mol. The van der Waals surface area contributed by atoms with Gasteiger partial charge in [-0.05, 0) is 49.4 Å². The molecule has 1 aliphatic heterocycles. The van der Waals surface area contributed by atoms with Crippen LogP contribution in [0.3, 0.4) is 0 Å². The van der Waals surface area contributed by atoms with Crippen LogP contribution in [0.25, 0.3) is 0 Å². The maximum Gasteiger partial charge on any atom is 0.243 e. The smallest absolute Gasteiger partial charge is 0.243 e. The highest BCUT2D eigenvalue weighted by molar-refractivity contribution is 6.42. The Labute approximate surface area is 245 Å². The Balaban J connectivity index is 1.61. The molecule has 0 aromatic heterocycles. The summed E-state index contributed by atoms with van der Waals surface area (Å²) < 4.78 is 0. The first-order valence-electron chi connectivity index (χ1n) is 13.8. The van der Waals surface area contributed by atoms with E-state index in [1.54, 1.807) is 18.2 Å². The summed E-state index contributed by atoms with van der Waals surface area (Å²) in [5, 5.41) is 3.77. The minimum absolute atomic E-state index is 0.0214. The Bertz CT molecular complexity index is 1260. The molecule has 0 saturated carbocycles. The van der Waals surface area contributed by atoms with Crippen molar-refractivity contribution in [2.75, 3.05) is 6.54 Å². The molecule has 2 aromatic rings. The number of benzene rings is 2. The summed E-state index contributed by atoms with van der Waals surface area (Å²) in [4.78, 5) is 56.3. The molecule has 4 amide bonds. The maximum atomic E-state index is 13.9. The number of imide groups is 1. The van der Waals surface area contributed by atoms with E-state index in [4.69, 9.17) is 23.2 Å². The van der Waals surface area contributed by atoms with Crippen molar-refractivity contribution in [3.8, 4) is 0 Å². The summed E-state index contributed by atoms with van der Waals surface area (Å²) >= 11 is 12.4. The van der Waals surface area contributed by atoms with E-state index in [1.165, 1.54) is 9.80 Å². The highest BCUT2D eigenvalue weighted by Crippen LogP contribution is 2.35. The van der Waals surface area contributed by atoms with E-state index in [0.29, 0.717) is 34.9 Å². The Hall–Kier alpha value is -3.16. The van der Waals surface area contributed by atoms with Gasteiger partial charge in [0.15, 0.2) is 0 Å². The Morgan fingerprint density at radius 3 is 2.23 bits per heavy atom. The Morgan fingerprint density at radius 2 is 1.62 bits per heavy atom. The van der Waals surface area contributed by atoms with Crippen molar-refractivity contribution in [1.82, 2.24) is 15.1 Å². The van der Waals surface area contributed by atoms with Gasteiger partial charge in [0.25, 0.3) is 0 Å². The molecule has 2 aromatic carbocycles. The number of fused-ring (bicyclic) bond motifs is 1. The van der Waals surface area contributed by atoms with Crippen LogP contribution in [0.1, 0.15) is 50.7 Å². The predicted molar refractivity (Wildman–Crippen MR) is 156 cm³/mol. The van der Waals surface area contributed by atoms with E-state index in [9.17, 15) is 19.2 Å². The highest BCUT2D eigenvalue weighted by atomic mass is 35.5. The fourth-order valence-corrected chi connectivity index (χ4v) is 5.59. The minimum atomic E-state index is -0.824. The van der Waals surface area contributed by atoms with Crippen LogP contribution in [0.2, 0.25) is 10.0 Å². The normalized spacial score (nSPS) is 19.8. The quantitative estimate of drug-likeness (QED) is 0.291. The number of nitrogens with zero attached hydrogens (tertiary/aromatic N) is 2. The number of amides is 4. The second kappa shape index (κ2) is 13.5. The summed E-state index contributed by atoms with van der Waals surface area (Å²) in [6, 6.07) is 13.7. The summed E-state index contributed by atoms with van der Waals surface area (Å²) in [6.45, 7) is 3.99. The molecule has 0 spiro atoms. The lowest BCUT2D eigenvalue weighted by atomic mass is 9.85. The van der Waals surface area contributed by atoms with Gasteiger partial charge in [0, 0.05) is 32.0 Å². The molecule has 0 unspecified atom stereocenters. The maximum absolute atomic E-state index is 13.9. The number of likely N-dealkylation sites (tertiary alicyclic amines) is 1. The van der Waals surface area contributed by atoms with Crippen LogP contribution in [0.15, 0.2) is 60.7 Å². The molecule has 1 fully saturated rings. The molecule has 40 heavy (non-hydrogen) atoms. The molecule has 0 radical (unpaired) electrons. The fourth-order valence-electron chi connectivity index (χ4n) is 5.27. The van der Waals surface area contributed by atoms with Crippen LogP contribution in [-0.2, 0) is 32.1 Å². The predicted octanol–water partition coefficient (Wildman–Crippen LogP) is 5.19. The van der Waals surface area contributed by atoms with Gasteiger partial charge in [-0.1, -0.05) is 78.7 Å². The van der Waals surface area contributed by atoms with Gasteiger partial charge in [-0.15, -0.1) is 0 Å². The van der Waals surface area contributed by atoms with Crippen LogP contribution >= 0.6 is 23.2 Å². The Kier molecular flexibility index (Phi) is 10.0. The molecule has 4 rings (SSSR count). The fraction of sp³-hybridized carbons (Fsp3) is 0.419. The van der Waals surface area contributed by atoms with Gasteiger partial charge in [-0.2, -0.15) is 0 Å². The largest absolute Gasteiger partial charge is 0.352 e. The zero-order valence-electron chi connectivity index (χ0n) is 22.8. The number of hydrogen-bond acceptors (Lipinski definition) is 4. The number of nitrogens with one attached hydrogen (secondary N) is 1. The van der Waals surface area contributed by atoms with Crippen molar-refractivity contribution in [3.63, 3.8) is 0 Å². The van der Waals surface area contributed by atoms with Crippen molar-refractivity contribution >= 4 is 46.8 Å². The van der Waals surface area contributed by atoms with Crippen molar-refractivity contribution < 1.29 is 19.2 Å². The van der Waals surface area contributed by atoms with Crippen LogP contribution in [-0.4, -0.2) is 52.1 Å². The first-order chi connectivity index (χ1) is 19.2. The van der Waals surface area contributed by atoms with Crippen molar-refractivity contribution in [1.29, 1.82) is 0 Å². The second-order valence-corrected chi connectivity index (χ2v) is 11.3. The van der Waals surface area contributed by atoms with Crippen LogP contribution in [0.4, 0.5) is 0 Å². The zero-order valence-corrected chi connectivity index (χ0v) is 24.3. The summed E-state index contributed by atoms with van der Waals surface area (Å²) in [5.74, 6) is -1.76. The number of hydrogen-bond donors (Lipinski definition) is 1. The lowest BCUT2D eigenvalue weighted by Gasteiger charge is -2.33. The van der Waals surface area contributed by atoms with E-state index in [0.717, 1.165) is 12.0 Å². The standard InChI is InChI=1S/C31H35Cl2N3O4/c1-3-20(2)34-29(38)27(18-21-9-5-4-6-10-21)36(19-22-13-14-25(32)26(33)17-22)28(37)15-16-35-30(39)23-11-7-8-12-24(23)31(35)40/h4-10,13-14,17,20,23-24,27H,3,11-12,15-16,18-19H2,1-2H3,(H,34,38)/t20-,23-,24+,27+/m1/s1. The zero-order chi connectivity index (χ0) is 28.8. The first kappa shape index (κ1) is 29.8. The van der Waals surface area contributed by atoms with E-state index in [-0.39, 0.29) is 61.0 Å². The number of halogens is 2. The lowest BCUT2D eigenvalue weighted by Crippen LogP contribution is -2.52. The number of allylic oxidation sites excluding steroid dienone is 2. The van der Waals surface area contributed by atoms with E-state index in [2.05, 4.69) is 5.32 Å². The molecule has 0 bridgehead atoms. The first-order valence-corrected chi connectivity index (χ1v) is 14.5. The Morgan fingerprint density at radius 1 is 0.975 bits per heavy atom. The average molecular weight is 585 g/mol. The van der Waals surface area contributed by atoms with Gasteiger partial charge in [0.05, 0.1) is 21.9 Å². The van der Waals surface area contributed by atoms with Crippen molar-refractivity contribution in [3.05, 3.63) is 81.9 Å². The molecule has 2 aliphatic rings. The van der Waals surface area contributed by atoms with E-state index in [1.807, 2.05) is 56.3 Å². The molecule has 4 atom stereocenters. The number of rotatable bonds is 11. The highest BCUT2D eigenvalue weighted by Gasteiger charge is 2.47. The number of carbonyl (C=O) groups is 4. The van der Waals surface area contributed by atoms with Crippen molar-refractivity contribution in [2.24, 2.45) is 11.8 Å². The molecule has 1 saturated heterocycles. The second-order valence-electron chi connectivity index (χ2n) is 10.5. The van der Waals surface area contributed by atoms with Gasteiger partial charge in [0.2, 0.25) is 23.6 Å². The third-order valence-corrected chi connectivity index (χ3v) is 8.50. The van der Waals surface area contributed by atoms with Gasteiger partial charge < -0.3 is 10.2 Å². The van der Waals surface area contributed by atoms with Gasteiger partial charge in [0.1, 0.15) is 6.04 Å². The summed E-state index contributed by atoms with van der Waals surface area (Å²) in [6.07, 6.45) is 5.90. The molecule has 9 heteroatoms. The van der Waals surface area contributed by atoms with Gasteiger partial charge in [-0.25, -0.2) is 0 Å². The van der Waals surface area contributed by atoms with Crippen LogP contribution < -0.4 is 5.32 Å². The third-order valence-electron chi connectivity index (χ3n) is 7.76.